The third-order valence-electron chi connectivity index (χ3n) is 5.97. The van der Waals surface area contributed by atoms with Crippen LogP contribution in [0.4, 0.5) is 0 Å². The number of benzene rings is 5. The van der Waals surface area contributed by atoms with Crippen LogP contribution in [0.1, 0.15) is 17.0 Å². The third kappa shape index (κ3) is 1.77. The molecule has 1 aliphatic rings. The molecule has 0 aromatic heterocycles. The molecule has 0 aliphatic heterocycles. The number of ether oxygens (including phenoxy) is 1. The van der Waals surface area contributed by atoms with Crippen LogP contribution in [0.3, 0.4) is 0 Å². The highest BCUT2D eigenvalue weighted by atomic mass is 16.5. The van der Waals surface area contributed by atoms with Crippen LogP contribution in [0.25, 0.3) is 43.4 Å². The van der Waals surface area contributed by atoms with Gasteiger partial charge in [-0.25, -0.2) is 0 Å². The van der Waals surface area contributed by atoms with Crippen LogP contribution in [-0.4, -0.2) is 13.1 Å². The van der Waals surface area contributed by atoms with E-state index in [-0.39, 0.29) is 11.9 Å². The topological polar surface area (TPSA) is 26.3 Å². The number of hydrogen-bond acceptors (Lipinski definition) is 2. The molecule has 0 spiro atoms. The van der Waals surface area contributed by atoms with Crippen molar-refractivity contribution in [3.8, 4) is 11.1 Å². The van der Waals surface area contributed by atoms with Gasteiger partial charge in [0.15, 0.2) is 0 Å². The molecule has 128 valence electrons. The molecule has 0 saturated carbocycles. The highest BCUT2D eigenvalue weighted by Crippen LogP contribution is 2.51. The van der Waals surface area contributed by atoms with Crippen LogP contribution in [0.5, 0.6) is 0 Å². The van der Waals surface area contributed by atoms with Gasteiger partial charge in [-0.15, -0.1) is 0 Å². The van der Waals surface area contributed by atoms with Crippen molar-refractivity contribution in [2.24, 2.45) is 0 Å². The molecule has 1 unspecified atom stereocenters. The summed E-state index contributed by atoms with van der Waals surface area (Å²) in [6, 6.07) is 25.6. The SMILES string of the molecule is COC(=O)C1c2ccccc2-c2c1cc1ccc3cccc4ccc2c1c34. The van der Waals surface area contributed by atoms with Gasteiger partial charge in [-0.05, 0) is 60.6 Å². The molecule has 2 nitrogen and oxygen atoms in total. The molecule has 1 aliphatic carbocycles. The Hall–Kier alpha value is -3.39. The summed E-state index contributed by atoms with van der Waals surface area (Å²) in [6.45, 7) is 0. The minimum absolute atomic E-state index is 0.200. The third-order valence-corrected chi connectivity index (χ3v) is 5.97. The average Bonchev–Trinajstić information content (AvgIpc) is 3.05. The summed E-state index contributed by atoms with van der Waals surface area (Å²) in [5.41, 5.74) is 4.40. The van der Waals surface area contributed by atoms with E-state index >= 15 is 0 Å². The summed E-state index contributed by atoms with van der Waals surface area (Å²) in [4.78, 5) is 12.7. The lowest BCUT2D eigenvalue weighted by atomic mass is 9.88. The first-order valence-corrected chi connectivity index (χ1v) is 9.15. The molecule has 1 atom stereocenters. The summed E-state index contributed by atoms with van der Waals surface area (Å²) in [5, 5.41) is 7.47. The highest BCUT2D eigenvalue weighted by molar-refractivity contribution is 6.26. The molecule has 2 heteroatoms. The quantitative estimate of drug-likeness (QED) is 0.280. The van der Waals surface area contributed by atoms with E-state index in [0.29, 0.717) is 0 Å². The van der Waals surface area contributed by atoms with Crippen molar-refractivity contribution in [2.45, 2.75) is 5.92 Å². The number of rotatable bonds is 1. The smallest absolute Gasteiger partial charge is 0.317 e. The van der Waals surface area contributed by atoms with Crippen molar-refractivity contribution in [1.29, 1.82) is 0 Å². The van der Waals surface area contributed by atoms with Gasteiger partial charge in [0, 0.05) is 0 Å². The number of methoxy groups -OCH3 is 1. The molecule has 5 aromatic rings. The lowest BCUT2D eigenvalue weighted by molar-refractivity contribution is -0.141. The van der Waals surface area contributed by atoms with Crippen molar-refractivity contribution < 1.29 is 9.53 Å². The molecule has 0 radical (unpaired) electrons. The first kappa shape index (κ1) is 14.7. The van der Waals surface area contributed by atoms with E-state index in [0.717, 1.165) is 16.7 Å². The van der Waals surface area contributed by atoms with Gasteiger partial charge in [0.05, 0.1) is 7.11 Å². The van der Waals surface area contributed by atoms with Crippen LogP contribution in [0.15, 0.2) is 72.8 Å². The van der Waals surface area contributed by atoms with Gasteiger partial charge in [-0.1, -0.05) is 66.7 Å². The fourth-order valence-corrected chi connectivity index (χ4v) is 4.88. The van der Waals surface area contributed by atoms with Gasteiger partial charge in [0.2, 0.25) is 0 Å². The summed E-state index contributed by atoms with van der Waals surface area (Å²) in [5.74, 6) is -0.558. The Bertz CT molecular complexity index is 1360. The summed E-state index contributed by atoms with van der Waals surface area (Å²) in [6.07, 6.45) is 0. The largest absolute Gasteiger partial charge is 0.468 e. The first-order chi connectivity index (χ1) is 13.3. The van der Waals surface area contributed by atoms with Crippen LogP contribution in [0, 0.1) is 0 Å². The molecule has 6 rings (SSSR count). The molecule has 0 saturated heterocycles. The van der Waals surface area contributed by atoms with Gasteiger partial charge < -0.3 is 4.74 Å². The second-order valence-corrected chi connectivity index (χ2v) is 7.24. The van der Waals surface area contributed by atoms with Crippen LogP contribution in [-0.2, 0) is 9.53 Å². The molecule has 0 amide bonds. The Kier molecular flexibility index (Phi) is 2.77. The maximum atomic E-state index is 12.7. The molecule has 0 bridgehead atoms. The van der Waals surface area contributed by atoms with E-state index in [1.807, 2.05) is 18.2 Å². The first-order valence-electron chi connectivity index (χ1n) is 9.15. The Labute approximate surface area is 156 Å². The van der Waals surface area contributed by atoms with Gasteiger partial charge in [0.1, 0.15) is 5.92 Å². The Morgan fingerprint density at radius 1 is 0.778 bits per heavy atom. The zero-order valence-corrected chi connectivity index (χ0v) is 14.8. The summed E-state index contributed by atoms with van der Waals surface area (Å²) in [7, 11) is 1.47. The maximum Gasteiger partial charge on any atom is 0.317 e. The highest BCUT2D eigenvalue weighted by Gasteiger charge is 2.36. The molecule has 0 heterocycles. The fourth-order valence-electron chi connectivity index (χ4n) is 4.88. The van der Waals surface area contributed by atoms with E-state index < -0.39 is 0 Å². The number of carbonyl (C=O) groups is 1. The van der Waals surface area contributed by atoms with Crippen molar-refractivity contribution >= 4 is 38.3 Å². The van der Waals surface area contributed by atoms with E-state index in [2.05, 4.69) is 54.6 Å². The van der Waals surface area contributed by atoms with Gasteiger partial charge in [0.25, 0.3) is 0 Å². The maximum absolute atomic E-state index is 12.7. The van der Waals surface area contributed by atoms with Gasteiger partial charge in [-0.2, -0.15) is 0 Å². The monoisotopic (exact) mass is 348 g/mol. The number of fused-ring (bicyclic) bond motifs is 4. The molecular weight excluding hydrogens is 332 g/mol. The average molecular weight is 348 g/mol. The second kappa shape index (κ2) is 5.08. The Morgan fingerprint density at radius 2 is 1.52 bits per heavy atom. The van der Waals surface area contributed by atoms with Crippen LogP contribution in [0.2, 0.25) is 0 Å². The van der Waals surface area contributed by atoms with Crippen molar-refractivity contribution in [1.82, 2.24) is 0 Å². The lowest BCUT2D eigenvalue weighted by Crippen LogP contribution is -2.13. The Morgan fingerprint density at radius 3 is 2.33 bits per heavy atom. The van der Waals surface area contributed by atoms with E-state index in [4.69, 9.17) is 4.74 Å². The van der Waals surface area contributed by atoms with Crippen molar-refractivity contribution in [3.63, 3.8) is 0 Å². The summed E-state index contributed by atoms with van der Waals surface area (Å²) >= 11 is 0. The van der Waals surface area contributed by atoms with Crippen molar-refractivity contribution in [3.05, 3.63) is 83.9 Å². The van der Waals surface area contributed by atoms with Crippen LogP contribution >= 0.6 is 0 Å². The second-order valence-electron chi connectivity index (χ2n) is 7.24. The van der Waals surface area contributed by atoms with Crippen LogP contribution < -0.4 is 0 Å². The zero-order chi connectivity index (χ0) is 18.1. The minimum Gasteiger partial charge on any atom is -0.468 e. The van der Waals surface area contributed by atoms with Gasteiger partial charge >= 0.3 is 5.97 Å². The standard InChI is InChI=1S/C25H16O2/c1-27-25(26)24-18-8-3-2-7-17(18)23-19-12-11-15-6-4-5-14-9-10-16(13-20(23)24)22(19)21(14)15/h2-13,24H,1H3. The lowest BCUT2D eigenvalue weighted by Gasteiger charge is -2.16. The molecular formula is C25H16O2. The molecule has 5 aromatic carbocycles. The number of hydrogen-bond donors (Lipinski definition) is 0. The summed E-state index contributed by atoms with van der Waals surface area (Å²) < 4.78 is 5.16. The minimum atomic E-state index is -0.358. The predicted octanol–water partition coefficient (Wildman–Crippen LogP) is 5.87. The van der Waals surface area contributed by atoms with Gasteiger partial charge in [-0.3, -0.25) is 4.79 Å². The number of esters is 1. The fraction of sp³-hybridized carbons (Fsp3) is 0.0800. The zero-order valence-electron chi connectivity index (χ0n) is 14.8. The molecule has 0 fully saturated rings. The normalized spacial score (nSPS) is 15.4. The predicted molar refractivity (Wildman–Crippen MR) is 109 cm³/mol. The van der Waals surface area contributed by atoms with Crippen molar-refractivity contribution in [2.75, 3.05) is 7.11 Å². The van der Waals surface area contributed by atoms with E-state index in [1.165, 1.54) is 45.0 Å². The van der Waals surface area contributed by atoms with E-state index in [1.54, 1.807) is 0 Å². The molecule has 27 heavy (non-hydrogen) atoms. The molecule has 0 N–H and O–H groups in total. The Balaban J connectivity index is 1.85. The number of carbonyl (C=O) groups excluding carboxylic acids is 1. The van der Waals surface area contributed by atoms with E-state index in [9.17, 15) is 4.79 Å².